The van der Waals surface area contributed by atoms with Crippen LogP contribution in [0.25, 0.3) is 17.0 Å². The van der Waals surface area contributed by atoms with Gasteiger partial charge < -0.3 is 4.90 Å². The van der Waals surface area contributed by atoms with Crippen molar-refractivity contribution >= 4 is 23.2 Å². The van der Waals surface area contributed by atoms with Gasteiger partial charge in [0, 0.05) is 18.3 Å². The molecule has 1 aromatic carbocycles. The number of hydrogen-bond donors (Lipinski definition) is 0. The summed E-state index contributed by atoms with van der Waals surface area (Å²) in [4.78, 5) is 2.31. The van der Waals surface area contributed by atoms with Crippen LogP contribution in [0.5, 0.6) is 0 Å². The van der Waals surface area contributed by atoms with Crippen LogP contribution in [0.15, 0.2) is 36.4 Å². The van der Waals surface area contributed by atoms with Crippen LogP contribution in [-0.4, -0.2) is 43.9 Å². The van der Waals surface area contributed by atoms with Crippen molar-refractivity contribution in [1.29, 1.82) is 0 Å². The van der Waals surface area contributed by atoms with Crippen molar-refractivity contribution in [2.45, 2.75) is 19.4 Å². The van der Waals surface area contributed by atoms with E-state index in [2.05, 4.69) is 22.0 Å². The Morgan fingerprint density at radius 1 is 1.12 bits per heavy atom. The Morgan fingerprint density at radius 3 is 2.88 bits per heavy atom. The Balaban J connectivity index is 1.80. The van der Waals surface area contributed by atoms with E-state index in [0.29, 0.717) is 23.1 Å². The Kier molecular flexibility index (Phi) is 4.10. The highest BCUT2D eigenvalue weighted by Gasteiger charge is 2.20. The largest absolute Gasteiger partial charge is 0.352 e. The van der Waals surface area contributed by atoms with Crippen molar-refractivity contribution in [3.63, 3.8) is 0 Å². The Hall–Kier alpha value is -2.15. The average molecular weight is 343 g/mol. The standard InChI is InChI=1S/C17H18FN5S/c1-12-8-10-24-11-9-22(12)16-7-6-15-19-20-17(23(15)21-16)13-4-2-3-5-14(13)18/h2-7,12H,8-11H2,1H3. The van der Waals surface area contributed by atoms with Crippen LogP contribution in [0, 0.1) is 5.82 Å². The number of benzene rings is 1. The van der Waals surface area contributed by atoms with E-state index in [9.17, 15) is 4.39 Å². The molecule has 0 radical (unpaired) electrons. The van der Waals surface area contributed by atoms with E-state index in [1.54, 1.807) is 22.7 Å². The Bertz CT molecular complexity index is 865. The molecule has 0 spiro atoms. The van der Waals surface area contributed by atoms with Gasteiger partial charge in [0.25, 0.3) is 0 Å². The molecular formula is C17H18FN5S. The maximum atomic E-state index is 14.1. The average Bonchev–Trinajstić information content (AvgIpc) is 2.89. The summed E-state index contributed by atoms with van der Waals surface area (Å²) in [5.41, 5.74) is 1.03. The highest BCUT2D eigenvalue weighted by atomic mass is 32.2. The number of fused-ring (bicyclic) bond motifs is 1. The first-order valence-corrected chi connectivity index (χ1v) is 9.21. The molecule has 0 saturated carbocycles. The van der Waals surface area contributed by atoms with Crippen molar-refractivity contribution < 1.29 is 4.39 Å². The Labute approximate surface area is 143 Å². The first-order valence-electron chi connectivity index (χ1n) is 8.06. The van der Waals surface area contributed by atoms with Crippen LogP contribution in [-0.2, 0) is 0 Å². The van der Waals surface area contributed by atoms with Crippen molar-refractivity contribution in [3.8, 4) is 11.4 Å². The summed E-state index contributed by atoms with van der Waals surface area (Å²) in [6.45, 7) is 3.18. The summed E-state index contributed by atoms with van der Waals surface area (Å²) in [5, 5.41) is 13.0. The van der Waals surface area contributed by atoms with E-state index in [1.807, 2.05) is 23.9 Å². The normalized spacial score (nSPS) is 18.8. The minimum absolute atomic E-state index is 0.321. The zero-order chi connectivity index (χ0) is 16.5. The lowest BCUT2D eigenvalue weighted by molar-refractivity contribution is 0.626. The van der Waals surface area contributed by atoms with E-state index < -0.39 is 0 Å². The molecule has 1 unspecified atom stereocenters. The molecule has 0 bridgehead atoms. The summed E-state index contributed by atoms with van der Waals surface area (Å²) in [6.07, 6.45) is 1.13. The van der Waals surface area contributed by atoms with E-state index >= 15 is 0 Å². The third-order valence-corrected chi connectivity index (χ3v) is 5.34. The lowest BCUT2D eigenvalue weighted by Crippen LogP contribution is -2.34. The molecule has 0 aliphatic carbocycles. The highest BCUT2D eigenvalue weighted by Crippen LogP contribution is 2.25. The fraction of sp³-hybridized carbons (Fsp3) is 0.353. The molecule has 1 saturated heterocycles. The van der Waals surface area contributed by atoms with E-state index in [1.165, 1.54) is 11.8 Å². The smallest absolute Gasteiger partial charge is 0.188 e. The molecule has 24 heavy (non-hydrogen) atoms. The molecule has 4 rings (SSSR count). The molecule has 3 aromatic rings. The van der Waals surface area contributed by atoms with Gasteiger partial charge in [0.15, 0.2) is 11.5 Å². The van der Waals surface area contributed by atoms with Crippen LogP contribution in [0.4, 0.5) is 10.2 Å². The zero-order valence-corrected chi connectivity index (χ0v) is 14.2. The summed E-state index contributed by atoms with van der Waals surface area (Å²) in [5.74, 6) is 3.26. The fourth-order valence-electron chi connectivity index (χ4n) is 2.98. The SMILES string of the molecule is CC1CCSCCN1c1ccc2nnc(-c3ccccc3F)n2n1. The van der Waals surface area contributed by atoms with Gasteiger partial charge in [0.1, 0.15) is 11.6 Å². The van der Waals surface area contributed by atoms with Crippen LogP contribution in [0.3, 0.4) is 0 Å². The van der Waals surface area contributed by atoms with Gasteiger partial charge in [0.05, 0.1) is 5.56 Å². The van der Waals surface area contributed by atoms with Gasteiger partial charge in [-0.15, -0.1) is 15.3 Å². The van der Waals surface area contributed by atoms with Crippen LogP contribution in [0.2, 0.25) is 0 Å². The second kappa shape index (κ2) is 6.39. The minimum atomic E-state index is -0.321. The Morgan fingerprint density at radius 2 is 2.00 bits per heavy atom. The van der Waals surface area contributed by atoms with E-state index in [4.69, 9.17) is 5.10 Å². The maximum Gasteiger partial charge on any atom is 0.188 e. The number of aromatic nitrogens is 4. The molecule has 1 aliphatic heterocycles. The van der Waals surface area contributed by atoms with Crippen molar-refractivity contribution in [2.75, 3.05) is 23.0 Å². The molecule has 1 fully saturated rings. The predicted octanol–water partition coefficient (Wildman–Crippen LogP) is 3.26. The van der Waals surface area contributed by atoms with Crippen LogP contribution >= 0.6 is 11.8 Å². The molecule has 2 aromatic heterocycles. The highest BCUT2D eigenvalue weighted by molar-refractivity contribution is 7.99. The van der Waals surface area contributed by atoms with Gasteiger partial charge in [-0.2, -0.15) is 16.3 Å². The number of hydrogen-bond acceptors (Lipinski definition) is 5. The molecule has 1 aliphatic rings. The monoisotopic (exact) mass is 343 g/mol. The lowest BCUT2D eigenvalue weighted by Gasteiger charge is -2.27. The molecule has 124 valence electrons. The number of nitrogens with zero attached hydrogens (tertiary/aromatic N) is 5. The fourth-order valence-corrected chi connectivity index (χ4v) is 4.02. The third-order valence-electron chi connectivity index (χ3n) is 4.35. The zero-order valence-electron chi connectivity index (χ0n) is 13.4. The molecule has 7 heteroatoms. The first-order chi connectivity index (χ1) is 11.7. The summed E-state index contributed by atoms with van der Waals surface area (Å²) < 4.78 is 15.8. The molecule has 5 nitrogen and oxygen atoms in total. The van der Waals surface area contributed by atoms with E-state index in [-0.39, 0.29) is 5.82 Å². The number of halogens is 1. The van der Waals surface area contributed by atoms with Crippen molar-refractivity contribution in [1.82, 2.24) is 19.8 Å². The van der Waals surface area contributed by atoms with Crippen LogP contribution < -0.4 is 4.90 Å². The minimum Gasteiger partial charge on any atom is -0.352 e. The summed E-state index contributed by atoms with van der Waals surface area (Å²) in [6, 6.07) is 10.9. The quantitative estimate of drug-likeness (QED) is 0.715. The number of thioether (sulfide) groups is 1. The number of anilines is 1. The first kappa shape index (κ1) is 15.4. The van der Waals surface area contributed by atoms with Gasteiger partial charge in [-0.3, -0.25) is 0 Å². The van der Waals surface area contributed by atoms with Gasteiger partial charge >= 0.3 is 0 Å². The van der Waals surface area contributed by atoms with Gasteiger partial charge in [-0.25, -0.2) is 4.39 Å². The predicted molar refractivity (Wildman–Crippen MR) is 94.9 cm³/mol. The lowest BCUT2D eigenvalue weighted by atomic mass is 10.2. The van der Waals surface area contributed by atoms with Crippen molar-refractivity contribution in [2.24, 2.45) is 0 Å². The maximum absolute atomic E-state index is 14.1. The molecule has 1 atom stereocenters. The molecule has 0 N–H and O–H groups in total. The van der Waals surface area contributed by atoms with Gasteiger partial charge in [0.2, 0.25) is 0 Å². The second-order valence-corrected chi connectivity index (χ2v) is 7.13. The third kappa shape index (κ3) is 2.73. The van der Waals surface area contributed by atoms with Crippen LogP contribution in [0.1, 0.15) is 13.3 Å². The summed E-state index contributed by atoms with van der Waals surface area (Å²) in [7, 11) is 0. The molecule has 0 amide bonds. The van der Waals surface area contributed by atoms with Gasteiger partial charge in [-0.05, 0) is 43.4 Å². The summed E-state index contributed by atoms with van der Waals surface area (Å²) >= 11 is 1.97. The van der Waals surface area contributed by atoms with Gasteiger partial charge in [-0.1, -0.05) is 12.1 Å². The van der Waals surface area contributed by atoms with Crippen molar-refractivity contribution in [3.05, 3.63) is 42.2 Å². The van der Waals surface area contributed by atoms with E-state index in [0.717, 1.165) is 24.5 Å². The topological polar surface area (TPSA) is 46.3 Å². The number of rotatable bonds is 2. The second-order valence-electron chi connectivity index (χ2n) is 5.91. The molecular weight excluding hydrogens is 325 g/mol. The molecule has 3 heterocycles.